The van der Waals surface area contributed by atoms with Gasteiger partial charge >= 0.3 is 0 Å². The molecule has 0 radical (unpaired) electrons. The van der Waals surface area contributed by atoms with Crippen LogP contribution in [0.15, 0.2) is 40.6 Å². The average Bonchev–Trinajstić information content (AvgIpc) is 2.96. The molecule has 2 aromatic rings. The molecule has 0 amide bonds. The monoisotopic (exact) mass is 350 g/mol. The summed E-state index contributed by atoms with van der Waals surface area (Å²) in [7, 11) is -1.09. The quantitative estimate of drug-likeness (QED) is 0.829. The zero-order valence-corrected chi connectivity index (χ0v) is 15.2. The van der Waals surface area contributed by atoms with Crippen LogP contribution in [0, 0.1) is 6.92 Å². The van der Waals surface area contributed by atoms with Crippen molar-refractivity contribution in [2.45, 2.75) is 18.1 Å². The van der Waals surface area contributed by atoms with Gasteiger partial charge in [-0.15, -0.1) is 11.3 Å². The van der Waals surface area contributed by atoms with Crippen LogP contribution in [0.5, 0.6) is 5.75 Å². The molecule has 0 spiro atoms. The molecule has 6 heteroatoms. The van der Waals surface area contributed by atoms with Crippen LogP contribution < -0.4 is 9.64 Å². The van der Waals surface area contributed by atoms with Crippen LogP contribution in [-0.4, -0.2) is 41.3 Å². The summed E-state index contributed by atoms with van der Waals surface area (Å²) in [5.41, 5.74) is 1.24. The SMILES string of the molecule is CCOc1cc(S(=O)N2CCN(c3ccccc3)CC2)sc1C. The van der Waals surface area contributed by atoms with Gasteiger partial charge in [0.1, 0.15) is 20.9 Å². The summed E-state index contributed by atoms with van der Waals surface area (Å²) in [6, 6.07) is 12.3. The molecule has 1 aromatic carbocycles. The first-order valence-corrected chi connectivity index (χ1v) is 9.81. The average molecular weight is 351 g/mol. The van der Waals surface area contributed by atoms with Crippen molar-refractivity contribution in [3.05, 3.63) is 41.3 Å². The minimum atomic E-state index is -1.09. The van der Waals surface area contributed by atoms with Crippen molar-refractivity contribution >= 4 is 28.0 Å². The number of hydrogen-bond acceptors (Lipinski definition) is 4. The van der Waals surface area contributed by atoms with E-state index >= 15 is 0 Å². The summed E-state index contributed by atoms with van der Waals surface area (Å²) >= 11 is 1.57. The van der Waals surface area contributed by atoms with Crippen LogP contribution in [0.3, 0.4) is 0 Å². The van der Waals surface area contributed by atoms with Crippen molar-refractivity contribution in [1.29, 1.82) is 0 Å². The summed E-state index contributed by atoms with van der Waals surface area (Å²) in [5.74, 6) is 0.865. The Bertz CT molecular complexity index is 664. The van der Waals surface area contributed by atoms with Crippen molar-refractivity contribution in [3.63, 3.8) is 0 Å². The molecule has 0 saturated carbocycles. The van der Waals surface area contributed by atoms with Gasteiger partial charge in [0, 0.05) is 42.8 Å². The molecule has 2 heterocycles. The Hall–Kier alpha value is -1.37. The molecule has 0 N–H and O–H groups in total. The third-order valence-corrected chi connectivity index (χ3v) is 6.72. The summed E-state index contributed by atoms with van der Waals surface area (Å²) in [4.78, 5) is 3.44. The molecule has 1 atom stereocenters. The molecule has 4 nitrogen and oxygen atoms in total. The van der Waals surface area contributed by atoms with E-state index in [1.54, 1.807) is 11.3 Å². The molecule has 1 aliphatic heterocycles. The highest BCUT2D eigenvalue weighted by atomic mass is 32.2. The summed E-state index contributed by atoms with van der Waals surface area (Å²) in [6.07, 6.45) is 0. The number of hydrogen-bond donors (Lipinski definition) is 0. The van der Waals surface area contributed by atoms with Crippen molar-refractivity contribution < 1.29 is 8.95 Å². The van der Waals surface area contributed by atoms with Crippen LogP contribution in [-0.2, 0) is 11.0 Å². The Morgan fingerprint density at radius 3 is 2.52 bits per heavy atom. The Morgan fingerprint density at radius 1 is 1.17 bits per heavy atom. The van der Waals surface area contributed by atoms with E-state index in [2.05, 4.69) is 33.5 Å². The van der Waals surface area contributed by atoms with Crippen LogP contribution in [0.25, 0.3) is 0 Å². The number of benzene rings is 1. The van der Waals surface area contributed by atoms with Gasteiger partial charge in [0.05, 0.1) is 6.61 Å². The van der Waals surface area contributed by atoms with Gasteiger partial charge in [-0.3, -0.25) is 0 Å². The summed E-state index contributed by atoms with van der Waals surface area (Å²) in [5, 5.41) is 0. The zero-order valence-electron chi connectivity index (χ0n) is 13.5. The molecule has 1 fully saturated rings. The lowest BCUT2D eigenvalue weighted by atomic mass is 10.2. The lowest BCUT2D eigenvalue weighted by Gasteiger charge is -2.34. The highest BCUT2D eigenvalue weighted by Crippen LogP contribution is 2.32. The van der Waals surface area contributed by atoms with E-state index in [9.17, 15) is 4.21 Å². The van der Waals surface area contributed by atoms with Crippen LogP contribution in [0.4, 0.5) is 5.69 Å². The third-order valence-electron chi connectivity index (χ3n) is 3.92. The Morgan fingerprint density at radius 2 is 1.87 bits per heavy atom. The Kier molecular flexibility index (Phi) is 5.35. The number of ether oxygens (including phenoxy) is 1. The maximum atomic E-state index is 12.8. The van der Waals surface area contributed by atoms with Crippen molar-refractivity contribution in [1.82, 2.24) is 4.31 Å². The van der Waals surface area contributed by atoms with Gasteiger partial charge in [0.15, 0.2) is 0 Å². The van der Waals surface area contributed by atoms with Gasteiger partial charge in [-0.25, -0.2) is 8.51 Å². The van der Waals surface area contributed by atoms with E-state index in [4.69, 9.17) is 4.74 Å². The van der Waals surface area contributed by atoms with Crippen molar-refractivity contribution in [3.8, 4) is 5.75 Å². The van der Waals surface area contributed by atoms with E-state index in [-0.39, 0.29) is 0 Å². The van der Waals surface area contributed by atoms with E-state index in [0.717, 1.165) is 41.0 Å². The lowest BCUT2D eigenvalue weighted by Crippen LogP contribution is -2.46. The zero-order chi connectivity index (χ0) is 16.2. The van der Waals surface area contributed by atoms with E-state index in [1.807, 2.05) is 26.0 Å². The smallest absolute Gasteiger partial charge is 0.138 e. The Balaban J connectivity index is 1.63. The highest BCUT2D eigenvalue weighted by molar-refractivity contribution is 7.85. The minimum Gasteiger partial charge on any atom is -0.493 e. The van der Waals surface area contributed by atoms with Crippen LogP contribution in [0.1, 0.15) is 11.8 Å². The predicted octanol–water partition coefficient (Wildman–Crippen LogP) is 3.30. The molecule has 1 aliphatic rings. The number of aryl methyl sites for hydroxylation is 1. The molecule has 23 heavy (non-hydrogen) atoms. The summed E-state index contributed by atoms with van der Waals surface area (Å²) in [6.45, 7) is 8.04. The molecular formula is C17H22N2O2S2. The van der Waals surface area contributed by atoms with E-state index in [0.29, 0.717) is 6.61 Å². The maximum absolute atomic E-state index is 12.8. The first-order valence-electron chi connectivity index (χ1n) is 7.89. The van der Waals surface area contributed by atoms with Gasteiger partial charge in [0.25, 0.3) is 0 Å². The van der Waals surface area contributed by atoms with E-state index < -0.39 is 11.0 Å². The third kappa shape index (κ3) is 3.76. The van der Waals surface area contributed by atoms with E-state index in [1.165, 1.54) is 5.69 Å². The van der Waals surface area contributed by atoms with Gasteiger partial charge in [-0.2, -0.15) is 0 Å². The molecule has 1 saturated heterocycles. The number of anilines is 1. The summed E-state index contributed by atoms with van der Waals surface area (Å²) < 4.78 is 21.3. The molecule has 124 valence electrons. The van der Waals surface area contributed by atoms with Gasteiger partial charge < -0.3 is 9.64 Å². The fraction of sp³-hybridized carbons (Fsp3) is 0.412. The van der Waals surface area contributed by atoms with Gasteiger partial charge in [-0.1, -0.05) is 18.2 Å². The topological polar surface area (TPSA) is 32.8 Å². The van der Waals surface area contributed by atoms with Crippen LogP contribution in [0.2, 0.25) is 0 Å². The molecular weight excluding hydrogens is 328 g/mol. The standard InChI is InChI=1S/C17H22N2O2S2/c1-3-21-16-13-17(22-14(16)2)23(20)19-11-9-18(10-12-19)15-7-5-4-6-8-15/h4-8,13H,3,9-12H2,1-2H3. The minimum absolute atomic E-state index is 0.638. The highest BCUT2D eigenvalue weighted by Gasteiger charge is 2.24. The maximum Gasteiger partial charge on any atom is 0.138 e. The fourth-order valence-corrected chi connectivity index (χ4v) is 5.32. The first-order chi connectivity index (χ1) is 11.2. The lowest BCUT2D eigenvalue weighted by molar-refractivity contribution is 0.339. The second-order valence-electron chi connectivity index (χ2n) is 5.42. The molecule has 0 aliphatic carbocycles. The first kappa shape index (κ1) is 16.5. The van der Waals surface area contributed by atoms with Crippen molar-refractivity contribution in [2.24, 2.45) is 0 Å². The number of nitrogens with zero attached hydrogens (tertiary/aromatic N) is 2. The predicted molar refractivity (Wildman–Crippen MR) is 96.9 cm³/mol. The normalized spacial score (nSPS) is 17.2. The second kappa shape index (κ2) is 7.47. The largest absolute Gasteiger partial charge is 0.493 e. The van der Waals surface area contributed by atoms with Crippen molar-refractivity contribution in [2.75, 3.05) is 37.7 Å². The number of para-hydroxylation sites is 1. The molecule has 0 bridgehead atoms. The Labute approximate surface area is 144 Å². The number of piperazine rings is 1. The van der Waals surface area contributed by atoms with Gasteiger partial charge in [-0.05, 0) is 26.0 Å². The fourth-order valence-electron chi connectivity index (χ4n) is 2.70. The van der Waals surface area contributed by atoms with Crippen LogP contribution >= 0.6 is 11.3 Å². The molecule has 1 aromatic heterocycles. The number of thiophene rings is 1. The number of rotatable bonds is 5. The second-order valence-corrected chi connectivity index (χ2v) is 8.39. The molecule has 3 rings (SSSR count). The van der Waals surface area contributed by atoms with Gasteiger partial charge in [0.2, 0.25) is 0 Å². The molecule has 1 unspecified atom stereocenters.